The van der Waals surface area contributed by atoms with Crippen molar-refractivity contribution in [1.29, 1.82) is 0 Å². The number of aliphatic carboxylic acids is 1. The monoisotopic (exact) mass is 270 g/mol. The largest absolute Gasteiger partial charge is 0.480 e. The molecule has 19 heavy (non-hydrogen) atoms. The maximum Gasteiger partial charge on any atom is 0.323 e. The van der Waals surface area contributed by atoms with Gasteiger partial charge in [0.25, 0.3) is 0 Å². The molecule has 0 aromatic heterocycles. The zero-order valence-corrected chi connectivity index (χ0v) is 11.3. The van der Waals surface area contributed by atoms with Crippen LogP contribution in [0.15, 0.2) is 0 Å². The highest BCUT2D eigenvalue weighted by molar-refractivity contribution is 5.86. The van der Waals surface area contributed by atoms with E-state index in [-0.39, 0.29) is 18.5 Å². The second kappa shape index (κ2) is 6.34. The molecule has 1 amide bonds. The van der Waals surface area contributed by atoms with E-state index in [4.69, 9.17) is 9.84 Å². The zero-order chi connectivity index (χ0) is 13.8. The SMILES string of the molecule is COCCN(CC(=O)O)C(=O)C1NCC2CCCC21. The number of hydrogen-bond acceptors (Lipinski definition) is 4. The van der Waals surface area contributed by atoms with Crippen LogP contribution >= 0.6 is 0 Å². The number of carbonyl (C=O) groups excluding carboxylic acids is 1. The summed E-state index contributed by atoms with van der Waals surface area (Å²) in [5.74, 6) is -0.103. The molecule has 1 aliphatic heterocycles. The van der Waals surface area contributed by atoms with E-state index < -0.39 is 5.97 Å². The molecule has 1 saturated heterocycles. The molecule has 2 aliphatic rings. The Balaban J connectivity index is 1.99. The lowest BCUT2D eigenvalue weighted by atomic mass is 9.93. The van der Waals surface area contributed by atoms with Crippen molar-refractivity contribution in [3.05, 3.63) is 0 Å². The maximum absolute atomic E-state index is 12.5. The highest BCUT2D eigenvalue weighted by Crippen LogP contribution is 2.38. The van der Waals surface area contributed by atoms with E-state index in [2.05, 4.69) is 5.32 Å². The minimum Gasteiger partial charge on any atom is -0.480 e. The molecule has 1 heterocycles. The molecule has 2 N–H and O–H groups in total. The van der Waals surface area contributed by atoms with Crippen LogP contribution in [0.4, 0.5) is 0 Å². The van der Waals surface area contributed by atoms with Gasteiger partial charge in [-0.25, -0.2) is 0 Å². The van der Waals surface area contributed by atoms with Gasteiger partial charge in [-0.1, -0.05) is 6.42 Å². The summed E-state index contributed by atoms with van der Waals surface area (Å²) in [5, 5.41) is 12.2. The number of rotatable bonds is 6. The lowest BCUT2D eigenvalue weighted by Crippen LogP contribution is -2.49. The van der Waals surface area contributed by atoms with Gasteiger partial charge in [-0.15, -0.1) is 0 Å². The molecule has 2 fully saturated rings. The number of carboxylic acid groups (broad SMARTS) is 1. The topological polar surface area (TPSA) is 78.9 Å². The molecule has 0 radical (unpaired) electrons. The van der Waals surface area contributed by atoms with E-state index in [0.29, 0.717) is 25.0 Å². The van der Waals surface area contributed by atoms with Crippen LogP contribution in [0.2, 0.25) is 0 Å². The Morgan fingerprint density at radius 1 is 1.42 bits per heavy atom. The first kappa shape index (κ1) is 14.3. The minimum atomic E-state index is -0.981. The predicted octanol–water partition coefficient (Wildman–Crippen LogP) is -0.0659. The minimum absolute atomic E-state index is 0.0890. The summed E-state index contributed by atoms with van der Waals surface area (Å²) < 4.78 is 4.95. The van der Waals surface area contributed by atoms with Crippen LogP contribution in [-0.4, -0.2) is 61.3 Å². The van der Waals surface area contributed by atoms with E-state index in [0.717, 1.165) is 13.0 Å². The van der Waals surface area contributed by atoms with Crippen molar-refractivity contribution < 1.29 is 19.4 Å². The van der Waals surface area contributed by atoms with Gasteiger partial charge in [0.1, 0.15) is 6.54 Å². The van der Waals surface area contributed by atoms with Crippen LogP contribution in [0.1, 0.15) is 19.3 Å². The van der Waals surface area contributed by atoms with Gasteiger partial charge >= 0.3 is 5.97 Å². The first-order valence-corrected chi connectivity index (χ1v) is 6.86. The number of hydrogen-bond donors (Lipinski definition) is 2. The van der Waals surface area contributed by atoms with Gasteiger partial charge in [0.2, 0.25) is 5.91 Å². The van der Waals surface area contributed by atoms with Crippen molar-refractivity contribution in [2.75, 3.05) is 33.4 Å². The van der Waals surface area contributed by atoms with Crippen LogP contribution in [0.25, 0.3) is 0 Å². The normalized spacial score (nSPS) is 29.2. The number of nitrogens with zero attached hydrogens (tertiary/aromatic N) is 1. The molecule has 6 nitrogen and oxygen atoms in total. The number of carboxylic acids is 1. The Morgan fingerprint density at radius 2 is 2.21 bits per heavy atom. The fraction of sp³-hybridized carbons (Fsp3) is 0.846. The third-order valence-electron chi connectivity index (χ3n) is 4.22. The standard InChI is InChI=1S/C13H22N2O4/c1-19-6-5-15(8-11(16)17)13(18)12-10-4-2-3-9(10)7-14-12/h9-10,12,14H,2-8H2,1H3,(H,16,17). The molecule has 6 heteroatoms. The second-order valence-electron chi connectivity index (χ2n) is 5.39. The Labute approximate surface area is 113 Å². The molecule has 0 aromatic carbocycles. The highest BCUT2D eigenvalue weighted by atomic mass is 16.5. The number of fused-ring (bicyclic) bond motifs is 1. The molecular weight excluding hydrogens is 248 g/mol. The number of carbonyl (C=O) groups is 2. The van der Waals surface area contributed by atoms with Crippen LogP contribution in [-0.2, 0) is 14.3 Å². The Kier molecular flexibility index (Phi) is 4.76. The van der Waals surface area contributed by atoms with Gasteiger partial charge in [-0.3, -0.25) is 9.59 Å². The summed E-state index contributed by atoms with van der Waals surface area (Å²) in [7, 11) is 1.55. The molecule has 1 aliphatic carbocycles. The lowest BCUT2D eigenvalue weighted by Gasteiger charge is -2.26. The Morgan fingerprint density at radius 3 is 2.89 bits per heavy atom. The van der Waals surface area contributed by atoms with Crippen molar-refractivity contribution in [2.45, 2.75) is 25.3 Å². The average molecular weight is 270 g/mol. The van der Waals surface area contributed by atoms with Crippen LogP contribution < -0.4 is 5.32 Å². The van der Waals surface area contributed by atoms with Gasteiger partial charge < -0.3 is 20.1 Å². The van der Waals surface area contributed by atoms with Crippen molar-refractivity contribution >= 4 is 11.9 Å². The number of ether oxygens (including phenoxy) is 1. The van der Waals surface area contributed by atoms with Crippen molar-refractivity contribution in [2.24, 2.45) is 11.8 Å². The molecule has 3 atom stereocenters. The van der Waals surface area contributed by atoms with Crippen molar-refractivity contribution in [1.82, 2.24) is 10.2 Å². The fourth-order valence-corrected chi connectivity index (χ4v) is 3.29. The average Bonchev–Trinajstić information content (AvgIpc) is 2.95. The Hall–Kier alpha value is -1.14. The quantitative estimate of drug-likeness (QED) is 0.706. The Bertz CT molecular complexity index is 348. The molecule has 0 bridgehead atoms. The van der Waals surface area contributed by atoms with Gasteiger partial charge in [0, 0.05) is 13.7 Å². The van der Waals surface area contributed by atoms with E-state index in [1.807, 2.05) is 0 Å². The van der Waals surface area contributed by atoms with Gasteiger partial charge in [-0.2, -0.15) is 0 Å². The number of nitrogens with one attached hydrogen (secondary N) is 1. The maximum atomic E-state index is 12.5. The number of methoxy groups -OCH3 is 1. The summed E-state index contributed by atoms with van der Waals surface area (Å²) in [5.41, 5.74) is 0. The molecular formula is C13H22N2O4. The molecule has 0 aromatic rings. The number of amides is 1. The summed E-state index contributed by atoms with van der Waals surface area (Å²) >= 11 is 0. The highest BCUT2D eigenvalue weighted by Gasteiger charge is 2.43. The van der Waals surface area contributed by atoms with Crippen molar-refractivity contribution in [3.8, 4) is 0 Å². The van der Waals surface area contributed by atoms with Crippen LogP contribution in [0.5, 0.6) is 0 Å². The third-order valence-corrected chi connectivity index (χ3v) is 4.22. The summed E-state index contributed by atoms with van der Waals surface area (Å²) in [6.45, 7) is 1.32. The smallest absolute Gasteiger partial charge is 0.323 e. The molecule has 1 saturated carbocycles. The van der Waals surface area contributed by atoms with Crippen LogP contribution in [0, 0.1) is 11.8 Å². The van der Waals surface area contributed by atoms with E-state index >= 15 is 0 Å². The van der Waals surface area contributed by atoms with E-state index in [1.165, 1.54) is 17.7 Å². The second-order valence-corrected chi connectivity index (χ2v) is 5.39. The lowest BCUT2D eigenvalue weighted by molar-refractivity contribution is -0.146. The third kappa shape index (κ3) is 3.25. The molecule has 2 rings (SSSR count). The van der Waals surface area contributed by atoms with Gasteiger partial charge in [0.05, 0.1) is 12.6 Å². The zero-order valence-electron chi connectivity index (χ0n) is 11.3. The van der Waals surface area contributed by atoms with Gasteiger partial charge in [-0.05, 0) is 31.2 Å². The first-order valence-electron chi connectivity index (χ1n) is 6.86. The van der Waals surface area contributed by atoms with E-state index in [9.17, 15) is 9.59 Å². The predicted molar refractivity (Wildman–Crippen MR) is 68.7 cm³/mol. The van der Waals surface area contributed by atoms with Crippen LogP contribution in [0.3, 0.4) is 0 Å². The van der Waals surface area contributed by atoms with E-state index in [1.54, 1.807) is 7.11 Å². The summed E-state index contributed by atoms with van der Waals surface area (Å²) in [6.07, 6.45) is 3.43. The first-order chi connectivity index (χ1) is 9.13. The molecule has 3 unspecified atom stereocenters. The van der Waals surface area contributed by atoms with Crippen molar-refractivity contribution in [3.63, 3.8) is 0 Å². The summed E-state index contributed by atoms with van der Waals surface area (Å²) in [6, 6.07) is -0.205. The summed E-state index contributed by atoms with van der Waals surface area (Å²) in [4.78, 5) is 24.7. The van der Waals surface area contributed by atoms with Gasteiger partial charge in [0.15, 0.2) is 0 Å². The molecule has 108 valence electrons. The molecule has 0 spiro atoms. The fourth-order valence-electron chi connectivity index (χ4n) is 3.29.